The minimum absolute atomic E-state index is 0.0196. The Morgan fingerprint density at radius 3 is 2.92 bits per heavy atom. The Labute approximate surface area is 80.6 Å². The maximum Gasteiger partial charge on any atom is 0.0825 e. The van der Waals surface area contributed by atoms with Crippen LogP contribution in [0.25, 0.3) is 0 Å². The lowest BCUT2D eigenvalue weighted by Crippen LogP contribution is -2.24. The summed E-state index contributed by atoms with van der Waals surface area (Å²) >= 11 is 0. The molecule has 0 fully saturated rings. The molecule has 0 aliphatic carbocycles. The van der Waals surface area contributed by atoms with Crippen LogP contribution < -0.4 is 0 Å². The van der Waals surface area contributed by atoms with Gasteiger partial charge in [-0.2, -0.15) is 0 Å². The van der Waals surface area contributed by atoms with E-state index in [9.17, 15) is 0 Å². The molecule has 0 aromatic heterocycles. The molecule has 0 amide bonds. The number of hydrogen-bond donors (Lipinski definition) is 0. The molecule has 70 valence electrons. The number of hydrogen-bond acceptors (Lipinski definition) is 1. The summed E-state index contributed by atoms with van der Waals surface area (Å²) in [5.74, 6) is 0. The molecular formula is C12H17N. The van der Waals surface area contributed by atoms with Crippen molar-refractivity contribution in [2.45, 2.75) is 32.7 Å². The monoisotopic (exact) mass is 175 g/mol. The van der Waals surface area contributed by atoms with Crippen molar-refractivity contribution in [2.75, 3.05) is 0 Å². The smallest absolute Gasteiger partial charge is 0.0825 e. The number of allylic oxidation sites excluding steroid dienone is 4. The van der Waals surface area contributed by atoms with E-state index in [1.807, 2.05) is 25.3 Å². The van der Waals surface area contributed by atoms with Gasteiger partial charge in [0.2, 0.25) is 0 Å². The number of nitrogens with zero attached hydrogens (tertiary/aromatic N) is 1. The molecule has 1 rings (SSSR count). The van der Waals surface area contributed by atoms with E-state index in [1.54, 1.807) is 0 Å². The van der Waals surface area contributed by atoms with E-state index in [-0.39, 0.29) is 5.54 Å². The first-order valence-corrected chi connectivity index (χ1v) is 4.78. The quantitative estimate of drug-likeness (QED) is 0.610. The van der Waals surface area contributed by atoms with Gasteiger partial charge in [0, 0.05) is 6.21 Å². The highest BCUT2D eigenvalue weighted by atomic mass is 14.8. The molecule has 1 atom stereocenters. The van der Waals surface area contributed by atoms with E-state index in [4.69, 9.17) is 0 Å². The largest absolute Gasteiger partial charge is 0.282 e. The third-order valence-electron chi connectivity index (χ3n) is 2.50. The molecule has 0 spiro atoms. The summed E-state index contributed by atoms with van der Waals surface area (Å²) in [5, 5.41) is 0. The van der Waals surface area contributed by atoms with Crippen LogP contribution in [0.3, 0.4) is 0 Å². The van der Waals surface area contributed by atoms with Gasteiger partial charge < -0.3 is 0 Å². The standard InChI is InChI=1S/C12H17N/c1-4-6-8-11-9-7-10-13-12(11,3)5-2/h4,6-10H,5H2,1-3H3/b6-4-,11-8-. The zero-order chi connectivity index (χ0) is 9.73. The maximum absolute atomic E-state index is 4.50. The van der Waals surface area contributed by atoms with E-state index >= 15 is 0 Å². The van der Waals surface area contributed by atoms with Gasteiger partial charge in [0.25, 0.3) is 0 Å². The summed E-state index contributed by atoms with van der Waals surface area (Å²) in [5.41, 5.74) is 1.27. The Bertz CT molecular complexity index is 281. The van der Waals surface area contributed by atoms with Crippen molar-refractivity contribution in [3.8, 4) is 0 Å². The molecule has 0 aromatic rings. The van der Waals surface area contributed by atoms with Gasteiger partial charge in [-0.25, -0.2) is 0 Å². The molecule has 0 bridgehead atoms. The summed E-state index contributed by atoms with van der Waals surface area (Å²) in [6, 6.07) is 0. The predicted molar refractivity (Wildman–Crippen MR) is 59.2 cm³/mol. The molecule has 0 saturated heterocycles. The van der Waals surface area contributed by atoms with Gasteiger partial charge in [0.1, 0.15) is 0 Å². The number of rotatable bonds is 2. The second-order valence-corrected chi connectivity index (χ2v) is 3.41. The molecule has 1 heteroatoms. The van der Waals surface area contributed by atoms with Crippen LogP contribution >= 0.6 is 0 Å². The van der Waals surface area contributed by atoms with Gasteiger partial charge in [-0.3, -0.25) is 4.99 Å². The van der Waals surface area contributed by atoms with E-state index in [0.717, 1.165) is 6.42 Å². The average molecular weight is 175 g/mol. The van der Waals surface area contributed by atoms with E-state index < -0.39 is 0 Å². The van der Waals surface area contributed by atoms with Crippen LogP contribution in [-0.4, -0.2) is 11.8 Å². The number of dihydropyridines is 1. The van der Waals surface area contributed by atoms with Crippen molar-refractivity contribution in [2.24, 2.45) is 4.99 Å². The van der Waals surface area contributed by atoms with Crippen LogP contribution in [0.1, 0.15) is 27.2 Å². The SMILES string of the molecule is C/C=C\C=C1\C=CC=NC1(C)CC. The van der Waals surface area contributed by atoms with Crippen LogP contribution in [0.5, 0.6) is 0 Å². The van der Waals surface area contributed by atoms with Crippen molar-refractivity contribution < 1.29 is 0 Å². The molecule has 0 aromatic carbocycles. The lowest BCUT2D eigenvalue weighted by molar-refractivity contribution is 0.545. The van der Waals surface area contributed by atoms with Gasteiger partial charge in [-0.1, -0.05) is 31.2 Å². The van der Waals surface area contributed by atoms with Crippen LogP contribution in [0.4, 0.5) is 0 Å². The maximum atomic E-state index is 4.50. The Morgan fingerprint density at radius 2 is 2.31 bits per heavy atom. The highest BCUT2D eigenvalue weighted by Crippen LogP contribution is 2.28. The first-order valence-electron chi connectivity index (χ1n) is 4.78. The minimum atomic E-state index is -0.0196. The molecule has 0 radical (unpaired) electrons. The fourth-order valence-electron chi connectivity index (χ4n) is 1.34. The predicted octanol–water partition coefficient (Wildman–Crippen LogP) is 3.30. The zero-order valence-electron chi connectivity index (χ0n) is 8.62. The van der Waals surface area contributed by atoms with Crippen molar-refractivity contribution in [1.29, 1.82) is 0 Å². The fourth-order valence-corrected chi connectivity index (χ4v) is 1.34. The molecule has 1 heterocycles. The van der Waals surface area contributed by atoms with Crippen molar-refractivity contribution in [3.63, 3.8) is 0 Å². The molecule has 13 heavy (non-hydrogen) atoms. The molecular weight excluding hydrogens is 158 g/mol. The van der Waals surface area contributed by atoms with Crippen molar-refractivity contribution in [1.82, 2.24) is 0 Å². The topological polar surface area (TPSA) is 12.4 Å². The first-order chi connectivity index (χ1) is 6.23. The van der Waals surface area contributed by atoms with Gasteiger partial charge in [0.05, 0.1) is 5.54 Å². The van der Waals surface area contributed by atoms with Gasteiger partial charge in [0.15, 0.2) is 0 Å². The van der Waals surface area contributed by atoms with Gasteiger partial charge in [-0.05, 0) is 31.9 Å². The lowest BCUT2D eigenvalue weighted by atomic mass is 9.87. The van der Waals surface area contributed by atoms with Gasteiger partial charge in [-0.15, -0.1) is 0 Å². The second kappa shape index (κ2) is 4.22. The van der Waals surface area contributed by atoms with Crippen LogP contribution in [0.2, 0.25) is 0 Å². The van der Waals surface area contributed by atoms with Crippen LogP contribution in [0, 0.1) is 0 Å². The second-order valence-electron chi connectivity index (χ2n) is 3.41. The molecule has 1 unspecified atom stereocenters. The normalized spacial score (nSPS) is 30.5. The molecule has 0 saturated carbocycles. The van der Waals surface area contributed by atoms with Crippen molar-refractivity contribution >= 4 is 6.21 Å². The Hall–Kier alpha value is -1.11. The molecule has 0 N–H and O–H groups in total. The third kappa shape index (κ3) is 2.18. The fraction of sp³-hybridized carbons (Fsp3) is 0.417. The molecule has 1 aliphatic heterocycles. The summed E-state index contributed by atoms with van der Waals surface area (Å²) in [6.45, 7) is 6.36. The van der Waals surface area contributed by atoms with Gasteiger partial charge >= 0.3 is 0 Å². The average Bonchev–Trinajstić information content (AvgIpc) is 2.17. The summed E-state index contributed by atoms with van der Waals surface area (Å²) < 4.78 is 0. The molecule has 1 aliphatic rings. The van der Waals surface area contributed by atoms with Crippen LogP contribution in [-0.2, 0) is 0 Å². The van der Waals surface area contributed by atoms with E-state index in [0.29, 0.717) is 0 Å². The highest BCUT2D eigenvalue weighted by molar-refractivity contribution is 5.75. The van der Waals surface area contributed by atoms with E-state index in [1.165, 1.54) is 5.57 Å². The summed E-state index contributed by atoms with van der Waals surface area (Å²) in [7, 11) is 0. The zero-order valence-corrected chi connectivity index (χ0v) is 8.62. The Kier molecular flexibility index (Phi) is 3.24. The summed E-state index contributed by atoms with van der Waals surface area (Å²) in [6.07, 6.45) is 13.3. The van der Waals surface area contributed by atoms with Crippen LogP contribution in [0.15, 0.2) is 40.9 Å². The third-order valence-corrected chi connectivity index (χ3v) is 2.50. The minimum Gasteiger partial charge on any atom is -0.282 e. The number of aliphatic imine (C=N–C) groups is 1. The summed E-state index contributed by atoms with van der Waals surface area (Å²) in [4.78, 5) is 4.50. The first kappa shape index (κ1) is 9.97. The van der Waals surface area contributed by atoms with Crippen molar-refractivity contribution in [3.05, 3.63) is 36.0 Å². The Balaban J connectivity index is 2.95. The molecule has 1 nitrogen and oxygen atoms in total. The Morgan fingerprint density at radius 1 is 1.54 bits per heavy atom. The lowest BCUT2D eigenvalue weighted by Gasteiger charge is -2.26. The highest BCUT2D eigenvalue weighted by Gasteiger charge is 2.24. The van der Waals surface area contributed by atoms with E-state index in [2.05, 4.69) is 37.1 Å².